The molecule has 0 amide bonds. The normalized spacial score (nSPS) is 12.4. The molecule has 0 aliphatic carbocycles. The van der Waals surface area contributed by atoms with Gasteiger partial charge in [0, 0.05) is 12.7 Å². The number of hydrogen-bond acceptors (Lipinski definition) is 5. The van der Waals surface area contributed by atoms with E-state index in [2.05, 4.69) is 43.8 Å². The second kappa shape index (κ2) is 9.01. The highest BCUT2D eigenvalue weighted by Gasteiger charge is 2.37. The van der Waals surface area contributed by atoms with Gasteiger partial charge in [-0.1, -0.05) is 39.0 Å². The van der Waals surface area contributed by atoms with Crippen LogP contribution in [0.3, 0.4) is 0 Å². The molecule has 0 unspecified atom stereocenters. The van der Waals surface area contributed by atoms with Crippen molar-refractivity contribution in [2.75, 3.05) is 13.9 Å². The Kier molecular flexibility index (Phi) is 7.22. The van der Waals surface area contributed by atoms with Gasteiger partial charge < -0.3 is 13.9 Å². The van der Waals surface area contributed by atoms with Crippen molar-refractivity contribution >= 4 is 8.32 Å². The van der Waals surface area contributed by atoms with E-state index in [9.17, 15) is 4.39 Å². The summed E-state index contributed by atoms with van der Waals surface area (Å²) in [5.41, 5.74) is 2.85. The van der Waals surface area contributed by atoms with Crippen molar-refractivity contribution in [1.29, 1.82) is 0 Å². The van der Waals surface area contributed by atoms with Crippen LogP contribution in [0, 0.1) is 5.82 Å². The molecule has 0 bridgehead atoms. The van der Waals surface area contributed by atoms with Crippen LogP contribution >= 0.6 is 0 Å². The second-order valence-corrected chi connectivity index (χ2v) is 12.8. The third-order valence-corrected chi connectivity index (χ3v) is 9.44. The molecule has 0 aliphatic rings. The molecule has 5 nitrogen and oxygen atoms in total. The molecular weight excluding hydrogens is 363 g/mol. The van der Waals surface area contributed by atoms with Crippen molar-refractivity contribution in [2.45, 2.75) is 52.1 Å². The Balaban J connectivity index is 2.35. The molecule has 2 rings (SSSR count). The van der Waals surface area contributed by atoms with Gasteiger partial charge in [-0.15, -0.1) is 0 Å². The van der Waals surface area contributed by atoms with E-state index in [0.29, 0.717) is 18.8 Å². The van der Waals surface area contributed by atoms with Gasteiger partial charge in [-0.25, -0.2) is 14.4 Å². The molecule has 0 N–H and O–H groups in total. The molecule has 27 heavy (non-hydrogen) atoms. The highest BCUT2D eigenvalue weighted by atomic mass is 28.4. The van der Waals surface area contributed by atoms with E-state index in [1.54, 1.807) is 7.11 Å². The maximum absolute atomic E-state index is 14.3. The first kappa shape index (κ1) is 21.6. The Bertz CT molecular complexity index is 763. The monoisotopic (exact) mass is 392 g/mol. The fourth-order valence-corrected chi connectivity index (χ4v) is 3.27. The fourth-order valence-electron chi connectivity index (χ4n) is 2.32. The van der Waals surface area contributed by atoms with E-state index in [1.165, 1.54) is 12.5 Å². The average Bonchev–Trinajstić information content (AvgIpc) is 2.60. The fraction of sp³-hybridized carbons (Fsp3) is 0.500. The van der Waals surface area contributed by atoms with Gasteiger partial charge in [-0.2, -0.15) is 0 Å². The molecule has 1 aromatic carbocycles. The van der Waals surface area contributed by atoms with Crippen LogP contribution in [-0.4, -0.2) is 32.2 Å². The average molecular weight is 393 g/mol. The third-order valence-electron chi connectivity index (χ3n) is 4.96. The first-order valence-electron chi connectivity index (χ1n) is 8.94. The minimum atomic E-state index is -1.95. The smallest absolute Gasteiger partial charge is 0.192 e. The van der Waals surface area contributed by atoms with Gasteiger partial charge in [0.25, 0.3) is 0 Å². The van der Waals surface area contributed by atoms with Gasteiger partial charge in [-0.3, -0.25) is 0 Å². The molecular formula is C20H29FN2O3Si. The molecule has 1 heterocycles. The van der Waals surface area contributed by atoms with Crippen molar-refractivity contribution in [3.8, 4) is 11.3 Å². The second-order valence-electron chi connectivity index (χ2n) is 8.01. The van der Waals surface area contributed by atoms with Gasteiger partial charge in [0.2, 0.25) is 0 Å². The predicted octanol–water partition coefficient (Wildman–Crippen LogP) is 4.93. The van der Waals surface area contributed by atoms with Crippen LogP contribution in [0.1, 0.15) is 31.9 Å². The Hall–Kier alpha value is -1.67. The van der Waals surface area contributed by atoms with Crippen molar-refractivity contribution in [3.63, 3.8) is 0 Å². The number of methoxy groups -OCH3 is 1. The highest BCUT2D eigenvalue weighted by Crippen LogP contribution is 2.37. The highest BCUT2D eigenvalue weighted by molar-refractivity contribution is 6.74. The summed E-state index contributed by atoms with van der Waals surface area (Å²) in [5, 5.41) is 0.0898. The molecule has 0 fully saturated rings. The van der Waals surface area contributed by atoms with Crippen LogP contribution < -0.4 is 0 Å². The number of rotatable bonds is 8. The van der Waals surface area contributed by atoms with Crippen LogP contribution in [0.5, 0.6) is 0 Å². The summed E-state index contributed by atoms with van der Waals surface area (Å²) in [6.45, 7) is 12.0. The molecule has 7 heteroatoms. The van der Waals surface area contributed by atoms with E-state index < -0.39 is 14.1 Å². The number of benzene rings is 1. The van der Waals surface area contributed by atoms with Gasteiger partial charge in [0.15, 0.2) is 14.1 Å². The van der Waals surface area contributed by atoms with Crippen molar-refractivity contribution < 1.29 is 18.3 Å². The van der Waals surface area contributed by atoms with E-state index >= 15 is 0 Å². The summed E-state index contributed by atoms with van der Waals surface area (Å²) in [6.07, 6.45) is 2.53. The molecule has 0 atom stereocenters. The Morgan fingerprint density at radius 2 is 1.89 bits per heavy atom. The summed E-state index contributed by atoms with van der Waals surface area (Å²) in [6, 6.07) is 5.75. The van der Waals surface area contributed by atoms with Gasteiger partial charge >= 0.3 is 0 Å². The standard InChI is InChI=1S/C20H29FN2O3Si/c1-20(2,3)27(5,6)26-12-16-9-15(11-25-14-24-4)7-8-17(16)19-18(21)10-22-13-23-19/h7-10,13H,11-12,14H2,1-6H3. The lowest BCUT2D eigenvalue weighted by molar-refractivity contribution is -0.0390. The zero-order chi connectivity index (χ0) is 20.1. The Morgan fingerprint density at radius 1 is 1.15 bits per heavy atom. The number of halogens is 1. The molecule has 0 radical (unpaired) electrons. The molecule has 0 saturated carbocycles. The number of aromatic nitrogens is 2. The first-order chi connectivity index (χ1) is 12.7. The lowest BCUT2D eigenvalue weighted by atomic mass is 10.0. The molecule has 148 valence electrons. The topological polar surface area (TPSA) is 53.5 Å². The summed E-state index contributed by atoms with van der Waals surface area (Å²) in [4.78, 5) is 7.87. The minimum Gasteiger partial charge on any atom is -0.413 e. The van der Waals surface area contributed by atoms with Crippen molar-refractivity contribution in [3.05, 3.63) is 47.7 Å². The zero-order valence-corrected chi connectivity index (χ0v) is 18.0. The largest absolute Gasteiger partial charge is 0.413 e. The minimum absolute atomic E-state index is 0.0898. The summed E-state index contributed by atoms with van der Waals surface area (Å²) < 4.78 is 31.0. The van der Waals surface area contributed by atoms with E-state index in [4.69, 9.17) is 13.9 Å². The summed E-state index contributed by atoms with van der Waals surface area (Å²) in [5.74, 6) is -0.450. The lowest BCUT2D eigenvalue weighted by Gasteiger charge is -2.36. The molecule has 0 saturated heterocycles. The number of ether oxygens (including phenoxy) is 2. The summed E-state index contributed by atoms with van der Waals surface area (Å²) in [7, 11) is -0.369. The van der Waals surface area contributed by atoms with Crippen LogP contribution in [-0.2, 0) is 27.1 Å². The molecule has 0 spiro atoms. The predicted molar refractivity (Wildman–Crippen MR) is 106 cm³/mol. The Morgan fingerprint density at radius 3 is 2.52 bits per heavy atom. The SMILES string of the molecule is COCOCc1ccc(-c2ncncc2F)c(CO[Si](C)(C)C(C)(C)C)c1. The number of nitrogens with zero attached hydrogens (tertiary/aromatic N) is 2. The lowest BCUT2D eigenvalue weighted by Crippen LogP contribution is -2.40. The quantitative estimate of drug-likeness (QED) is 0.362. The first-order valence-corrected chi connectivity index (χ1v) is 11.8. The Labute approximate surface area is 162 Å². The van der Waals surface area contributed by atoms with Crippen LogP contribution in [0.25, 0.3) is 11.3 Å². The molecule has 0 aliphatic heterocycles. The van der Waals surface area contributed by atoms with E-state index in [1.807, 2.05) is 18.2 Å². The maximum Gasteiger partial charge on any atom is 0.192 e. The maximum atomic E-state index is 14.3. The molecule has 1 aromatic heterocycles. The number of hydrogen-bond donors (Lipinski definition) is 0. The third kappa shape index (κ3) is 5.65. The summed E-state index contributed by atoms with van der Waals surface area (Å²) >= 11 is 0. The van der Waals surface area contributed by atoms with Gasteiger partial charge in [0.1, 0.15) is 18.8 Å². The van der Waals surface area contributed by atoms with E-state index in [0.717, 1.165) is 11.1 Å². The van der Waals surface area contributed by atoms with Gasteiger partial charge in [-0.05, 0) is 29.3 Å². The zero-order valence-electron chi connectivity index (χ0n) is 17.0. The van der Waals surface area contributed by atoms with Crippen LogP contribution in [0.4, 0.5) is 4.39 Å². The van der Waals surface area contributed by atoms with Gasteiger partial charge in [0.05, 0.1) is 19.4 Å². The van der Waals surface area contributed by atoms with Crippen molar-refractivity contribution in [2.24, 2.45) is 0 Å². The molecule has 2 aromatic rings. The van der Waals surface area contributed by atoms with E-state index in [-0.39, 0.29) is 17.5 Å². The van der Waals surface area contributed by atoms with Crippen molar-refractivity contribution in [1.82, 2.24) is 9.97 Å². The van der Waals surface area contributed by atoms with Crippen LogP contribution in [0.2, 0.25) is 18.1 Å². The van der Waals surface area contributed by atoms with Crippen LogP contribution in [0.15, 0.2) is 30.7 Å².